The molecule has 4 rings (SSSR count). The van der Waals surface area contributed by atoms with Crippen molar-refractivity contribution in [2.24, 2.45) is 0 Å². The van der Waals surface area contributed by atoms with Crippen LogP contribution in [0.4, 0.5) is 11.4 Å². The lowest BCUT2D eigenvalue weighted by molar-refractivity contribution is -0.117. The normalized spacial score (nSPS) is 15.5. The molecule has 1 N–H and O–H groups in total. The van der Waals surface area contributed by atoms with Gasteiger partial charge in [0.25, 0.3) is 10.0 Å². The Balaban J connectivity index is 1.74. The number of nitrogens with one attached hydrogen (secondary N) is 1. The Morgan fingerprint density at radius 3 is 2.59 bits per heavy atom. The molecule has 7 nitrogen and oxygen atoms in total. The van der Waals surface area contributed by atoms with Crippen LogP contribution in [0.15, 0.2) is 35.2 Å². The van der Waals surface area contributed by atoms with Crippen LogP contribution < -0.4 is 19.1 Å². The Bertz CT molecular complexity index is 1030. The molecular weight excluding hydrogens is 368 g/mol. The van der Waals surface area contributed by atoms with E-state index in [0.717, 1.165) is 29.7 Å². The summed E-state index contributed by atoms with van der Waals surface area (Å²) in [6.45, 7) is 0.699. The maximum absolute atomic E-state index is 13.0. The summed E-state index contributed by atoms with van der Waals surface area (Å²) >= 11 is 0. The summed E-state index contributed by atoms with van der Waals surface area (Å²) in [4.78, 5) is 14.1. The number of sulfonamides is 1. The smallest absolute Gasteiger partial charge is 0.262 e. The van der Waals surface area contributed by atoms with E-state index in [1.807, 2.05) is 0 Å². The first-order chi connectivity index (χ1) is 12.9. The van der Waals surface area contributed by atoms with E-state index in [-0.39, 0.29) is 17.2 Å². The van der Waals surface area contributed by atoms with Crippen molar-refractivity contribution in [2.75, 3.05) is 30.4 Å². The summed E-state index contributed by atoms with van der Waals surface area (Å²) in [5.74, 6) is 0.935. The van der Waals surface area contributed by atoms with Crippen LogP contribution in [0.1, 0.15) is 17.5 Å². The van der Waals surface area contributed by atoms with Crippen LogP contribution in [0.25, 0.3) is 0 Å². The van der Waals surface area contributed by atoms with Crippen LogP contribution in [0.2, 0.25) is 0 Å². The van der Waals surface area contributed by atoms with Gasteiger partial charge in [-0.2, -0.15) is 0 Å². The molecule has 2 aliphatic rings. The number of hydrogen-bond acceptors (Lipinski definition) is 5. The summed E-state index contributed by atoms with van der Waals surface area (Å²) in [6.07, 6.45) is 1.84. The van der Waals surface area contributed by atoms with E-state index < -0.39 is 10.0 Å². The van der Waals surface area contributed by atoms with Gasteiger partial charge in [0, 0.05) is 12.6 Å². The topological polar surface area (TPSA) is 84.9 Å². The Morgan fingerprint density at radius 1 is 1.07 bits per heavy atom. The number of aryl methyl sites for hydroxylation is 1. The second kappa shape index (κ2) is 6.45. The fourth-order valence-corrected chi connectivity index (χ4v) is 4.86. The number of carbonyl (C=O) groups excluding carboxylic acids is 1. The standard InChI is InChI=1S/C19H20N2O5S/c1-25-14-5-6-17(26-2)16(11-14)20-27(23,24)15-8-12-4-3-7-21-18(22)10-13(9-15)19(12)21/h5-6,8-9,11,20H,3-4,7,10H2,1-2H3. The monoisotopic (exact) mass is 388 g/mol. The molecule has 0 saturated carbocycles. The van der Waals surface area contributed by atoms with Gasteiger partial charge in [-0.3, -0.25) is 9.52 Å². The molecule has 2 aromatic rings. The lowest BCUT2D eigenvalue weighted by Gasteiger charge is -2.26. The highest BCUT2D eigenvalue weighted by Gasteiger charge is 2.34. The van der Waals surface area contributed by atoms with Crippen LogP contribution in [0.3, 0.4) is 0 Å². The van der Waals surface area contributed by atoms with Crippen molar-refractivity contribution in [2.45, 2.75) is 24.2 Å². The van der Waals surface area contributed by atoms with Gasteiger partial charge in [-0.1, -0.05) is 0 Å². The first-order valence-corrected chi connectivity index (χ1v) is 10.1. The Labute approximate surface area is 157 Å². The number of rotatable bonds is 5. The third-order valence-electron chi connectivity index (χ3n) is 4.94. The van der Waals surface area contributed by atoms with Crippen LogP contribution in [0, 0.1) is 0 Å². The molecule has 142 valence electrons. The number of anilines is 2. The summed E-state index contributed by atoms with van der Waals surface area (Å²) in [7, 11) is -0.872. The van der Waals surface area contributed by atoms with Crippen molar-refractivity contribution in [3.63, 3.8) is 0 Å². The highest BCUT2D eigenvalue weighted by Crippen LogP contribution is 2.39. The van der Waals surface area contributed by atoms with Gasteiger partial charge >= 0.3 is 0 Å². The Kier molecular flexibility index (Phi) is 4.22. The van der Waals surface area contributed by atoms with Gasteiger partial charge < -0.3 is 14.4 Å². The molecule has 0 fully saturated rings. The first-order valence-electron chi connectivity index (χ1n) is 8.64. The fourth-order valence-electron chi connectivity index (χ4n) is 3.70. The summed E-state index contributed by atoms with van der Waals surface area (Å²) in [6, 6.07) is 8.16. The summed E-state index contributed by atoms with van der Waals surface area (Å²) in [5.41, 5.74) is 2.87. The van der Waals surface area contributed by atoms with Crippen LogP contribution >= 0.6 is 0 Å². The molecule has 0 atom stereocenters. The molecule has 0 spiro atoms. The summed E-state index contributed by atoms with van der Waals surface area (Å²) < 4.78 is 39.0. The van der Waals surface area contributed by atoms with Crippen molar-refractivity contribution in [1.29, 1.82) is 0 Å². The molecule has 8 heteroatoms. The zero-order valence-electron chi connectivity index (χ0n) is 15.1. The lowest BCUT2D eigenvalue weighted by Crippen LogP contribution is -2.31. The number of carbonyl (C=O) groups is 1. The van der Waals surface area contributed by atoms with Gasteiger partial charge in [0.2, 0.25) is 5.91 Å². The third kappa shape index (κ3) is 2.99. The Hall–Kier alpha value is -2.74. The molecule has 0 bridgehead atoms. The minimum Gasteiger partial charge on any atom is -0.497 e. The number of benzene rings is 2. The van der Waals surface area contributed by atoms with Crippen LogP contribution in [-0.4, -0.2) is 35.1 Å². The van der Waals surface area contributed by atoms with Crippen molar-refractivity contribution < 1.29 is 22.7 Å². The Morgan fingerprint density at radius 2 is 1.85 bits per heavy atom. The third-order valence-corrected chi connectivity index (χ3v) is 6.29. The van der Waals surface area contributed by atoms with E-state index in [2.05, 4.69) is 4.72 Å². The first kappa shape index (κ1) is 17.7. The van der Waals surface area contributed by atoms with E-state index in [1.165, 1.54) is 14.2 Å². The molecule has 27 heavy (non-hydrogen) atoms. The molecule has 2 heterocycles. The van der Waals surface area contributed by atoms with Gasteiger partial charge in [0.05, 0.1) is 36.9 Å². The molecule has 0 radical (unpaired) electrons. The second-order valence-electron chi connectivity index (χ2n) is 6.59. The highest BCUT2D eigenvalue weighted by molar-refractivity contribution is 7.92. The van der Waals surface area contributed by atoms with Crippen LogP contribution in [0.5, 0.6) is 11.5 Å². The molecule has 2 aromatic carbocycles. The number of amides is 1. The van der Waals surface area contributed by atoms with E-state index >= 15 is 0 Å². The van der Waals surface area contributed by atoms with Gasteiger partial charge in [-0.15, -0.1) is 0 Å². The van der Waals surface area contributed by atoms with Crippen molar-refractivity contribution in [3.05, 3.63) is 41.5 Å². The molecule has 0 aromatic heterocycles. The van der Waals surface area contributed by atoms with Gasteiger partial charge in [-0.05, 0) is 48.2 Å². The maximum atomic E-state index is 13.0. The highest BCUT2D eigenvalue weighted by atomic mass is 32.2. The largest absolute Gasteiger partial charge is 0.497 e. The van der Waals surface area contributed by atoms with Crippen LogP contribution in [-0.2, 0) is 27.7 Å². The molecular formula is C19H20N2O5S. The summed E-state index contributed by atoms with van der Waals surface area (Å²) in [5, 5.41) is 0. The number of nitrogens with zero attached hydrogens (tertiary/aromatic N) is 1. The van der Waals surface area contributed by atoms with E-state index in [1.54, 1.807) is 35.2 Å². The average molecular weight is 388 g/mol. The predicted molar refractivity (Wildman–Crippen MR) is 101 cm³/mol. The second-order valence-corrected chi connectivity index (χ2v) is 8.27. The van der Waals surface area contributed by atoms with E-state index in [4.69, 9.17) is 9.47 Å². The van der Waals surface area contributed by atoms with E-state index in [9.17, 15) is 13.2 Å². The van der Waals surface area contributed by atoms with Crippen molar-refractivity contribution in [3.8, 4) is 11.5 Å². The minimum atomic E-state index is -3.85. The zero-order chi connectivity index (χ0) is 19.2. The predicted octanol–water partition coefficient (Wildman–Crippen LogP) is 2.34. The lowest BCUT2D eigenvalue weighted by atomic mass is 10.0. The van der Waals surface area contributed by atoms with Gasteiger partial charge in [-0.25, -0.2) is 8.42 Å². The fraction of sp³-hybridized carbons (Fsp3) is 0.316. The quantitative estimate of drug-likeness (QED) is 0.850. The molecule has 2 aliphatic heterocycles. The van der Waals surface area contributed by atoms with Gasteiger partial charge in [0.15, 0.2) is 0 Å². The number of methoxy groups -OCH3 is 2. The van der Waals surface area contributed by atoms with Gasteiger partial charge in [0.1, 0.15) is 11.5 Å². The molecule has 0 aliphatic carbocycles. The minimum absolute atomic E-state index is 0.0305. The molecule has 1 amide bonds. The van der Waals surface area contributed by atoms with Crippen molar-refractivity contribution >= 4 is 27.3 Å². The number of hydrogen-bond donors (Lipinski definition) is 1. The maximum Gasteiger partial charge on any atom is 0.262 e. The van der Waals surface area contributed by atoms with E-state index in [0.29, 0.717) is 23.7 Å². The zero-order valence-corrected chi connectivity index (χ0v) is 15.9. The molecule has 0 unspecified atom stereocenters. The average Bonchev–Trinajstić information content (AvgIpc) is 2.98. The SMILES string of the molecule is COc1ccc(OC)c(NS(=O)(=O)c2cc3c4c(c2)CC(=O)N4CCC3)c1. The van der Waals surface area contributed by atoms with Crippen molar-refractivity contribution in [1.82, 2.24) is 0 Å². The number of ether oxygens (including phenoxy) is 2. The molecule has 0 saturated heterocycles.